The maximum absolute atomic E-state index is 9.97. The molecule has 4 nitrogen and oxygen atoms in total. The summed E-state index contributed by atoms with van der Waals surface area (Å²) in [5, 5.41) is 13.1. The molecule has 1 aromatic rings. The molecule has 0 spiro atoms. The van der Waals surface area contributed by atoms with Gasteiger partial charge in [-0.05, 0) is 12.8 Å². The summed E-state index contributed by atoms with van der Waals surface area (Å²) in [5.41, 5.74) is 1.11. The van der Waals surface area contributed by atoms with Crippen molar-refractivity contribution in [2.75, 3.05) is 11.1 Å². The average molecular weight is 237 g/mol. The number of nitrogens with one attached hydrogen (secondary N) is 1. The second kappa shape index (κ2) is 4.22. The SMILES string of the molecule is OC(Nc1ncnc2c1SCC2)C1CCC1. The molecule has 2 aliphatic rings. The van der Waals surface area contributed by atoms with Crippen LogP contribution in [0.15, 0.2) is 11.2 Å². The summed E-state index contributed by atoms with van der Waals surface area (Å²) in [6.07, 6.45) is 5.62. The van der Waals surface area contributed by atoms with Crippen LogP contribution in [-0.2, 0) is 6.42 Å². The van der Waals surface area contributed by atoms with Crippen LogP contribution in [0, 0.1) is 5.92 Å². The van der Waals surface area contributed by atoms with Crippen molar-refractivity contribution < 1.29 is 5.11 Å². The molecule has 86 valence electrons. The number of aliphatic hydroxyl groups excluding tert-OH is 1. The predicted molar refractivity (Wildman–Crippen MR) is 63.4 cm³/mol. The average Bonchev–Trinajstić information content (AvgIpc) is 2.63. The van der Waals surface area contributed by atoms with E-state index in [0.29, 0.717) is 5.92 Å². The van der Waals surface area contributed by atoms with E-state index in [1.807, 2.05) is 0 Å². The highest BCUT2D eigenvalue weighted by Crippen LogP contribution is 2.36. The topological polar surface area (TPSA) is 58.0 Å². The van der Waals surface area contributed by atoms with E-state index < -0.39 is 6.23 Å². The van der Waals surface area contributed by atoms with Crippen LogP contribution in [-0.4, -0.2) is 27.1 Å². The van der Waals surface area contributed by atoms with E-state index in [0.717, 1.165) is 41.4 Å². The minimum atomic E-state index is -0.450. The highest BCUT2D eigenvalue weighted by molar-refractivity contribution is 7.99. The van der Waals surface area contributed by atoms with Crippen molar-refractivity contribution in [2.24, 2.45) is 5.92 Å². The Balaban J connectivity index is 1.76. The largest absolute Gasteiger partial charge is 0.373 e. The summed E-state index contributed by atoms with van der Waals surface area (Å²) in [5.74, 6) is 2.28. The fourth-order valence-corrected chi connectivity index (χ4v) is 3.18. The van der Waals surface area contributed by atoms with Gasteiger partial charge in [-0.1, -0.05) is 6.42 Å². The molecule has 1 unspecified atom stereocenters. The minimum Gasteiger partial charge on any atom is -0.373 e. The Hall–Kier alpha value is -0.810. The maximum atomic E-state index is 9.97. The molecule has 1 saturated carbocycles. The van der Waals surface area contributed by atoms with Crippen molar-refractivity contribution in [2.45, 2.75) is 36.8 Å². The quantitative estimate of drug-likeness (QED) is 0.783. The Morgan fingerprint density at radius 3 is 3.06 bits per heavy atom. The van der Waals surface area contributed by atoms with Gasteiger partial charge in [0.25, 0.3) is 0 Å². The van der Waals surface area contributed by atoms with Crippen molar-refractivity contribution >= 4 is 17.6 Å². The number of nitrogens with zero attached hydrogens (tertiary/aromatic N) is 2. The first-order chi connectivity index (χ1) is 7.84. The van der Waals surface area contributed by atoms with Crippen LogP contribution in [0.5, 0.6) is 0 Å². The second-order valence-electron chi connectivity index (χ2n) is 4.38. The van der Waals surface area contributed by atoms with Gasteiger partial charge in [0.05, 0.1) is 10.6 Å². The molecular formula is C11H15N3OS. The van der Waals surface area contributed by atoms with Gasteiger partial charge in [0.2, 0.25) is 0 Å². The molecule has 0 aromatic carbocycles. The van der Waals surface area contributed by atoms with Gasteiger partial charge in [-0.3, -0.25) is 0 Å². The number of hydrogen-bond donors (Lipinski definition) is 2. The van der Waals surface area contributed by atoms with Crippen LogP contribution < -0.4 is 5.32 Å². The number of aryl methyl sites for hydroxylation is 1. The van der Waals surface area contributed by atoms with Crippen molar-refractivity contribution in [1.82, 2.24) is 9.97 Å². The normalized spacial score (nSPS) is 21.3. The lowest BCUT2D eigenvalue weighted by Gasteiger charge is -2.31. The maximum Gasteiger partial charge on any atom is 0.145 e. The molecule has 16 heavy (non-hydrogen) atoms. The zero-order chi connectivity index (χ0) is 11.0. The van der Waals surface area contributed by atoms with Crippen molar-refractivity contribution in [3.8, 4) is 0 Å². The number of aromatic nitrogens is 2. The standard InChI is InChI=1S/C11H15N3OS/c15-11(7-2-1-3-7)14-10-9-8(4-5-16-9)12-6-13-10/h6-7,11,15H,1-5H2,(H,12,13,14). The number of thioether (sulfide) groups is 1. The van der Waals surface area contributed by atoms with E-state index in [2.05, 4.69) is 15.3 Å². The predicted octanol–water partition coefficient (Wildman–Crippen LogP) is 1.66. The molecule has 1 fully saturated rings. The number of hydrogen-bond acceptors (Lipinski definition) is 5. The van der Waals surface area contributed by atoms with Crippen LogP contribution in [0.3, 0.4) is 0 Å². The van der Waals surface area contributed by atoms with Crippen LogP contribution in [0.1, 0.15) is 25.0 Å². The van der Waals surface area contributed by atoms with E-state index in [1.165, 1.54) is 6.42 Å². The first-order valence-electron chi connectivity index (χ1n) is 5.76. The van der Waals surface area contributed by atoms with Crippen molar-refractivity contribution in [3.63, 3.8) is 0 Å². The molecule has 1 atom stereocenters. The first-order valence-corrected chi connectivity index (χ1v) is 6.74. The molecule has 3 rings (SSSR count). The lowest BCUT2D eigenvalue weighted by atomic mass is 9.84. The molecule has 5 heteroatoms. The van der Waals surface area contributed by atoms with Crippen molar-refractivity contribution in [1.29, 1.82) is 0 Å². The molecule has 0 bridgehead atoms. The van der Waals surface area contributed by atoms with Crippen LogP contribution in [0.25, 0.3) is 0 Å². The fraction of sp³-hybridized carbons (Fsp3) is 0.636. The van der Waals surface area contributed by atoms with Gasteiger partial charge in [-0.2, -0.15) is 0 Å². The molecule has 0 radical (unpaired) electrons. The molecule has 2 N–H and O–H groups in total. The highest BCUT2D eigenvalue weighted by atomic mass is 32.2. The summed E-state index contributed by atoms with van der Waals surface area (Å²) in [6.45, 7) is 0. The van der Waals surface area contributed by atoms with E-state index in [1.54, 1.807) is 18.1 Å². The second-order valence-corrected chi connectivity index (χ2v) is 5.48. The van der Waals surface area contributed by atoms with Gasteiger partial charge in [-0.15, -0.1) is 11.8 Å². The van der Waals surface area contributed by atoms with Gasteiger partial charge < -0.3 is 10.4 Å². The third-order valence-corrected chi connectivity index (χ3v) is 4.47. The Morgan fingerprint density at radius 2 is 2.31 bits per heavy atom. The van der Waals surface area contributed by atoms with Gasteiger partial charge in [-0.25, -0.2) is 9.97 Å². The first kappa shape index (κ1) is 10.4. The zero-order valence-corrected chi connectivity index (χ0v) is 9.83. The van der Waals surface area contributed by atoms with Gasteiger partial charge in [0.15, 0.2) is 0 Å². The van der Waals surface area contributed by atoms with Gasteiger partial charge >= 0.3 is 0 Å². The third kappa shape index (κ3) is 1.78. The summed E-state index contributed by atoms with van der Waals surface area (Å²) < 4.78 is 0. The van der Waals surface area contributed by atoms with Crippen molar-refractivity contribution in [3.05, 3.63) is 12.0 Å². The van der Waals surface area contributed by atoms with Crippen LogP contribution in [0.2, 0.25) is 0 Å². The molecule has 1 aliphatic carbocycles. The van der Waals surface area contributed by atoms with E-state index >= 15 is 0 Å². The Labute approximate surface area is 98.9 Å². The lowest BCUT2D eigenvalue weighted by Crippen LogP contribution is -2.33. The summed E-state index contributed by atoms with van der Waals surface area (Å²) >= 11 is 1.78. The fourth-order valence-electron chi connectivity index (χ4n) is 2.11. The van der Waals surface area contributed by atoms with E-state index in [9.17, 15) is 5.11 Å². The molecule has 2 heterocycles. The highest BCUT2D eigenvalue weighted by Gasteiger charge is 2.27. The number of anilines is 1. The van der Waals surface area contributed by atoms with Crippen LogP contribution in [0.4, 0.5) is 5.82 Å². The molecule has 1 aromatic heterocycles. The Bertz CT molecular complexity index is 395. The number of fused-ring (bicyclic) bond motifs is 1. The monoisotopic (exact) mass is 237 g/mol. The van der Waals surface area contributed by atoms with E-state index in [-0.39, 0.29) is 0 Å². The summed E-state index contributed by atoms with van der Waals surface area (Å²) in [6, 6.07) is 0. The Kier molecular flexibility index (Phi) is 2.73. The molecule has 1 aliphatic heterocycles. The zero-order valence-electron chi connectivity index (χ0n) is 9.02. The number of rotatable bonds is 3. The lowest BCUT2D eigenvalue weighted by molar-refractivity contribution is 0.0845. The Morgan fingerprint density at radius 1 is 1.44 bits per heavy atom. The summed E-state index contributed by atoms with van der Waals surface area (Å²) in [4.78, 5) is 9.61. The van der Waals surface area contributed by atoms with E-state index in [4.69, 9.17) is 0 Å². The minimum absolute atomic E-state index is 0.400. The van der Waals surface area contributed by atoms with Crippen LogP contribution >= 0.6 is 11.8 Å². The smallest absolute Gasteiger partial charge is 0.145 e. The third-order valence-electron chi connectivity index (χ3n) is 3.34. The van der Waals surface area contributed by atoms with Gasteiger partial charge in [0.1, 0.15) is 18.4 Å². The number of aliphatic hydroxyl groups is 1. The molecule has 0 amide bonds. The molecular weight excluding hydrogens is 222 g/mol. The molecule has 0 saturated heterocycles. The van der Waals surface area contributed by atoms with Gasteiger partial charge in [0, 0.05) is 18.1 Å². The summed E-state index contributed by atoms with van der Waals surface area (Å²) in [7, 11) is 0.